The highest BCUT2D eigenvalue weighted by atomic mass is 79.9. The van der Waals surface area contributed by atoms with Gasteiger partial charge in [0.15, 0.2) is 0 Å². The van der Waals surface area contributed by atoms with E-state index >= 15 is 0 Å². The van der Waals surface area contributed by atoms with Gasteiger partial charge in [-0.3, -0.25) is 4.79 Å². The maximum Gasteiger partial charge on any atom is 0.282 e. The number of rotatable bonds is 5. The van der Waals surface area contributed by atoms with Crippen molar-refractivity contribution in [1.82, 2.24) is 9.66 Å². The minimum Gasteiger partial charge on any atom is -0.487 e. The first-order chi connectivity index (χ1) is 16.1. The van der Waals surface area contributed by atoms with Crippen molar-refractivity contribution < 1.29 is 9.13 Å². The molecule has 0 bridgehead atoms. The van der Waals surface area contributed by atoms with Crippen molar-refractivity contribution in [3.05, 3.63) is 103 Å². The number of aromatic nitrogens is 2. The summed E-state index contributed by atoms with van der Waals surface area (Å²) < 4.78 is 21.6. The molecule has 0 fully saturated rings. The van der Waals surface area contributed by atoms with E-state index in [9.17, 15) is 9.18 Å². The lowest BCUT2D eigenvalue weighted by molar-refractivity contribution is 0.300. The molecule has 174 valence electrons. The molecule has 1 aromatic heterocycles. The number of hydrogen-bond acceptors (Lipinski definition) is 4. The van der Waals surface area contributed by atoms with Crippen molar-refractivity contribution in [2.75, 3.05) is 0 Å². The van der Waals surface area contributed by atoms with Crippen LogP contribution in [-0.4, -0.2) is 15.9 Å². The van der Waals surface area contributed by atoms with E-state index in [2.05, 4.69) is 21.0 Å². The maximum absolute atomic E-state index is 13.8. The van der Waals surface area contributed by atoms with Gasteiger partial charge in [-0.15, -0.1) is 0 Å². The Balaban J connectivity index is 1.65. The Kier molecular flexibility index (Phi) is 6.86. The van der Waals surface area contributed by atoms with E-state index in [1.54, 1.807) is 48.7 Å². The van der Waals surface area contributed by atoms with Crippen molar-refractivity contribution in [3.63, 3.8) is 0 Å². The molecule has 4 aromatic rings. The number of ether oxygens (including phenoxy) is 1. The molecule has 8 heteroatoms. The highest BCUT2D eigenvalue weighted by Gasteiger charge is 2.23. The maximum atomic E-state index is 13.8. The van der Waals surface area contributed by atoms with Crippen LogP contribution in [0.25, 0.3) is 10.9 Å². The van der Waals surface area contributed by atoms with Crippen molar-refractivity contribution >= 4 is 44.6 Å². The summed E-state index contributed by atoms with van der Waals surface area (Å²) in [5.74, 6) is 0.629. The van der Waals surface area contributed by atoms with Crippen LogP contribution in [0.4, 0.5) is 4.39 Å². The van der Waals surface area contributed by atoms with Gasteiger partial charge in [-0.05, 0) is 48.0 Å². The standard InChI is InChI=1S/C26H22BrClFN3O2/c1-26(2,3)25-31-22-10-9-18(27)13-19(22)24(33)32(25)30-14-16-8-11-23(20(28)12-16)34-15-17-6-4-5-7-21(17)29/h4-14H,15H2,1-3H3. The molecule has 0 amide bonds. The van der Waals surface area contributed by atoms with Gasteiger partial charge in [0, 0.05) is 15.5 Å². The van der Waals surface area contributed by atoms with Crippen LogP contribution in [0.3, 0.4) is 0 Å². The molecule has 0 atom stereocenters. The average Bonchev–Trinajstić information content (AvgIpc) is 2.78. The molecule has 4 rings (SSSR count). The first-order valence-corrected chi connectivity index (χ1v) is 11.7. The van der Waals surface area contributed by atoms with Gasteiger partial charge in [0.2, 0.25) is 0 Å². The lowest BCUT2D eigenvalue weighted by Crippen LogP contribution is -2.29. The predicted molar refractivity (Wildman–Crippen MR) is 138 cm³/mol. The normalized spacial score (nSPS) is 11.9. The van der Waals surface area contributed by atoms with Crippen LogP contribution < -0.4 is 10.3 Å². The van der Waals surface area contributed by atoms with Gasteiger partial charge in [0.25, 0.3) is 5.56 Å². The molecule has 0 radical (unpaired) electrons. The molecule has 0 saturated heterocycles. The first kappa shape index (κ1) is 24.1. The Labute approximate surface area is 210 Å². The Bertz CT molecular complexity index is 1460. The van der Waals surface area contributed by atoms with Crippen molar-refractivity contribution in [2.45, 2.75) is 32.8 Å². The van der Waals surface area contributed by atoms with Crippen LogP contribution in [0, 0.1) is 5.82 Å². The van der Waals surface area contributed by atoms with Gasteiger partial charge in [-0.25, -0.2) is 9.37 Å². The Morgan fingerprint density at radius 2 is 1.91 bits per heavy atom. The van der Waals surface area contributed by atoms with Crippen molar-refractivity contribution in [2.24, 2.45) is 5.10 Å². The molecule has 0 spiro atoms. The zero-order chi connectivity index (χ0) is 24.5. The Morgan fingerprint density at radius 3 is 2.62 bits per heavy atom. The quantitative estimate of drug-likeness (QED) is 0.263. The predicted octanol–water partition coefficient (Wildman–Crippen LogP) is 6.71. The van der Waals surface area contributed by atoms with Gasteiger partial charge < -0.3 is 4.74 Å². The second-order valence-corrected chi connectivity index (χ2v) is 10.1. The van der Waals surface area contributed by atoms with Gasteiger partial charge in [-0.1, -0.05) is 66.5 Å². The molecular formula is C26H22BrClFN3O2. The SMILES string of the molecule is CC(C)(C)c1nc2ccc(Br)cc2c(=O)n1N=Cc1ccc(OCc2ccccc2F)c(Cl)c1. The third-order valence-electron chi connectivity index (χ3n) is 5.10. The summed E-state index contributed by atoms with van der Waals surface area (Å²) in [7, 11) is 0. The molecule has 0 N–H and O–H groups in total. The summed E-state index contributed by atoms with van der Waals surface area (Å²) in [5.41, 5.74) is 1.05. The molecule has 5 nitrogen and oxygen atoms in total. The van der Waals surface area contributed by atoms with Crippen LogP contribution in [0.1, 0.15) is 37.7 Å². The molecule has 0 aliphatic rings. The number of halogens is 3. The lowest BCUT2D eigenvalue weighted by Gasteiger charge is -2.20. The lowest BCUT2D eigenvalue weighted by atomic mass is 9.95. The number of nitrogens with zero attached hydrogens (tertiary/aromatic N) is 3. The molecule has 0 aliphatic carbocycles. The fourth-order valence-corrected chi connectivity index (χ4v) is 3.96. The van der Waals surface area contributed by atoms with Gasteiger partial charge in [-0.2, -0.15) is 9.78 Å². The molecular weight excluding hydrogens is 521 g/mol. The number of fused-ring (bicyclic) bond motifs is 1. The van der Waals surface area contributed by atoms with E-state index in [0.29, 0.717) is 38.6 Å². The topological polar surface area (TPSA) is 56.5 Å². The minimum atomic E-state index is -0.417. The largest absolute Gasteiger partial charge is 0.487 e. The second-order valence-electron chi connectivity index (χ2n) is 8.78. The van der Waals surface area contributed by atoms with E-state index in [1.807, 2.05) is 32.9 Å². The third-order valence-corrected chi connectivity index (χ3v) is 5.89. The van der Waals surface area contributed by atoms with Crippen LogP contribution in [0.5, 0.6) is 5.75 Å². The van der Waals surface area contributed by atoms with Crippen molar-refractivity contribution in [3.8, 4) is 5.75 Å². The summed E-state index contributed by atoms with van der Waals surface area (Å²) >= 11 is 9.79. The summed E-state index contributed by atoms with van der Waals surface area (Å²) in [6, 6.07) is 16.9. The van der Waals surface area contributed by atoms with Crippen LogP contribution in [0.15, 0.2) is 75.0 Å². The zero-order valence-corrected chi connectivity index (χ0v) is 21.2. The molecule has 0 unspecified atom stereocenters. The monoisotopic (exact) mass is 541 g/mol. The highest BCUT2D eigenvalue weighted by molar-refractivity contribution is 9.10. The van der Waals surface area contributed by atoms with E-state index in [0.717, 1.165) is 4.47 Å². The third kappa shape index (κ3) is 5.21. The first-order valence-electron chi connectivity index (χ1n) is 10.6. The van der Waals surface area contributed by atoms with E-state index in [1.165, 1.54) is 10.7 Å². The smallest absolute Gasteiger partial charge is 0.282 e. The van der Waals surface area contributed by atoms with E-state index in [4.69, 9.17) is 21.3 Å². The number of benzene rings is 3. The summed E-state index contributed by atoms with van der Waals surface area (Å²) in [4.78, 5) is 18.0. The van der Waals surface area contributed by atoms with Gasteiger partial charge in [0.1, 0.15) is 24.0 Å². The molecule has 3 aromatic carbocycles. The average molecular weight is 543 g/mol. The van der Waals surface area contributed by atoms with Crippen molar-refractivity contribution in [1.29, 1.82) is 0 Å². The summed E-state index contributed by atoms with van der Waals surface area (Å²) in [5, 5.41) is 5.27. The number of hydrogen-bond donors (Lipinski definition) is 0. The molecule has 0 aliphatic heterocycles. The highest BCUT2D eigenvalue weighted by Crippen LogP contribution is 2.27. The fraction of sp³-hybridized carbons (Fsp3) is 0.192. The van der Waals surface area contributed by atoms with E-state index in [-0.39, 0.29) is 18.0 Å². The molecule has 0 saturated carbocycles. The van der Waals surface area contributed by atoms with Crippen LogP contribution >= 0.6 is 27.5 Å². The summed E-state index contributed by atoms with van der Waals surface area (Å²) in [6.07, 6.45) is 1.55. The Morgan fingerprint density at radius 1 is 1.15 bits per heavy atom. The Hall–Kier alpha value is -3.03. The second kappa shape index (κ2) is 9.68. The van der Waals surface area contributed by atoms with Gasteiger partial charge >= 0.3 is 0 Å². The molecule has 34 heavy (non-hydrogen) atoms. The summed E-state index contributed by atoms with van der Waals surface area (Å²) in [6.45, 7) is 5.99. The fourth-order valence-electron chi connectivity index (χ4n) is 3.35. The van der Waals surface area contributed by atoms with Crippen LogP contribution in [-0.2, 0) is 12.0 Å². The zero-order valence-electron chi connectivity index (χ0n) is 18.8. The molecule has 1 heterocycles. The minimum absolute atomic E-state index is 0.0580. The van der Waals surface area contributed by atoms with Gasteiger partial charge in [0.05, 0.1) is 22.1 Å². The van der Waals surface area contributed by atoms with E-state index < -0.39 is 5.41 Å². The van der Waals surface area contributed by atoms with Crippen LogP contribution in [0.2, 0.25) is 5.02 Å².